The number of nitrogens with two attached hydrogens (primary N) is 1. The van der Waals surface area contributed by atoms with Gasteiger partial charge in [0.2, 0.25) is 0 Å². The summed E-state index contributed by atoms with van der Waals surface area (Å²) >= 11 is 6.00. The highest BCUT2D eigenvalue weighted by Gasteiger charge is 2.12. The first-order valence-corrected chi connectivity index (χ1v) is 4.34. The van der Waals surface area contributed by atoms with Gasteiger partial charge < -0.3 is 5.73 Å². The number of halogens is 1. The number of nitrogens with zero attached hydrogens (tertiary/aromatic N) is 4. The number of anilines is 1. The number of aryl methyl sites for hydroxylation is 1. The fourth-order valence-electron chi connectivity index (χ4n) is 1.22. The molecule has 5 nitrogen and oxygen atoms in total. The van der Waals surface area contributed by atoms with Crippen LogP contribution in [-0.4, -0.2) is 20.2 Å². The van der Waals surface area contributed by atoms with Crippen molar-refractivity contribution in [3.63, 3.8) is 0 Å². The second kappa shape index (κ2) is 3.26. The fourth-order valence-corrected chi connectivity index (χ4v) is 1.48. The van der Waals surface area contributed by atoms with E-state index in [9.17, 15) is 0 Å². The molecule has 0 saturated heterocycles. The molecule has 14 heavy (non-hydrogen) atoms. The van der Waals surface area contributed by atoms with E-state index in [0.29, 0.717) is 22.1 Å². The van der Waals surface area contributed by atoms with E-state index in [4.69, 9.17) is 17.3 Å². The Hall–Kier alpha value is -1.62. The van der Waals surface area contributed by atoms with E-state index in [1.54, 1.807) is 25.2 Å². The van der Waals surface area contributed by atoms with Crippen molar-refractivity contribution in [1.29, 1.82) is 0 Å². The van der Waals surface area contributed by atoms with Gasteiger partial charge in [0, 0.05) is 12.7 Å². The molecule has 0 unspecified atom stereocenters. The molecule has 0 aliphatic carbocycles. The maximum absolute atomic E-state index is 6.00. The summed E-state index contributed by atoms with van der Waals surface area (Å²) in [7, 11) is 1.73. The first-order chi connectivity index (χ1) is 6.70. The molecule has 0 spiro atoms. The Morgan fingerprint density at radius 1 is 1.43 bits per heavy atom. The largest absolute Gasteiger partial charge is 0.398 e. The van der Waals surface area contributed by atoms with Gasteiger partial charge in [0.1, 0.15) is 0 Å². The molecule has 0 saturated carbocycles. The molecule has 2 rings (SSSR count). The number of hydrogen-bond acceptors (Lipinski definition) is 4. The lowest BCUT2D eigenvalue weighted by atomic mass is 10.1. The van der Waals surface area contributed by atoms with Crippen molar-refractivity contribution in [2.75, 3.05) is 5.73 Å². The third-order valence-corrected chi connectivity index (χ3v) is 2.20. The summed E-state index contributed by atoms with van der Waals surface area (Å²) in [5, 5.41) is 11.6. The molecule has 0 atom stereocenters. The Balaban J connectivity index is 2.68. The van der Waals surface area contributed by atoms with Crippen LogP contribution in [0.5, 0.6) is 0 Å². The first kappa shape index (κ1) is 8.96. The maximum atomic E-state index is 6.00. The van der Waals surface area contributed by atoms with E-state index in [2.05, 4.69) is 15.5 Å². The quantitative estimate of drug-likeness (QED) is 0.715. The molecule has 0 amide bonds. The molecule has 1 aromatic heterocycles. The summed E-state index contributed by atoms with van der Waals surface area (Å²) in [6, 6.07) is 5.29. The molecule has 1 heterocycles. The van der Waals surface area contributed by atoms with Gasteiger partial charge in [-0.3, -0.25) is 0 Å². The van der Waals surface area contributed by atoms with Crippen molar-refractivity contribution in [2.24, 2.45) is 7.05 Å². The molecule has 0 aliphatic rings. The van der Waals surface area contributed by atoms with E-state index in [0.717, 1.165) is 0 Å². The predicted octanol–water partition coefficient (Wildman–Crippen LogP) is 1.11. The highest BCUT2D eigenvalue weighted by atomic mass is 35.5. The van der Waals surface area contributed by atoms with Gasteiger partial charge in [0.25, 0.3) is 0 Å². The minimum Gasteiger partial charge on any atom is -0.398 e. The zero-order chi connectivity index (χ0) is 10.1. The minimum atomic E-state index is 0.544. The number of benzene rings is 1. The zero-order valence-electron chi connectivity index (χ0n) is 7.48. The average molecular weight is 210 g/mol. The second-order valence-electron chi connectivity index (χ2n) is 2.83. The monoisotopic (exact) mass is 209 g/mol. The van der Waals surface area contributed by atoms with Crippen LogP contribution in [0.15, 0.2) is 18.2 Å². The molecule has 0 radical (unpaired) electrons. The van der Waals surface area contributed by atoms with Crippen molar-refractivity contribution in [3.05, 3.63) is 23.2 Å². The van der Waals surface area contributed by atoms with Gasteiger partial charge in [-0.2, -0.15) is 0 Å². The number of rotatable bonds is 1. The van der Waals surface area contributed by atoms with Crippen molar-refractivity contribution in [3.8, 4) is 11.4 Å². The molecule has 0 fully saturated rings. The van der Waals surface area contributed by atoms with Crippen LogP contribution in [0.4, 0.5) is 5.69 Å². The number of aromatic nitrogens is 4. The van der Waals surface area contributed by atoms with Gasteiger partial charge in [-0.1, -0.05) is 17.7 Å². The standard InChI is InChI=1S/C8H8ClN5/c1-14-8(11-12-13-14)7-5(9)3-2-4-6(7)10/h2-4H,10H2,1H3. The normalized spacial score (nSPS) is 10.4. The van der Waals surface area contributed by atoms with Gasteiger partial charge in [0.05, 0.1) is 10.6 Å². The van der Waals surface area contributed by atoms with Crippen LogP contribution in [0.2, 0.25) is 5.02 Å². The van der Waals surface area contributed by atoms with Crippen molar-refractivity contribution < 1.29 is 0 Å². The molecule has 2 aromatic rings. The van der Waals surface area contributed by atoms with Crippen LogP contribution in [0, 0.1) is 0 Å². The predicted molar refractivity (Wildman–Crippen MR) is 53.7 cm³/mol. The molecule has 2 N–H and O–H groups in total. The van der Waals surface area contributed by atoms with Crippen LogP contribution in [0.25, 0.3) is 11.4 Å². The van der Waals surface area contributed by atoms with E-state index >= 15 is 0 Å². The van der Waals surface area contributed by atoms with Gasteiger partial charge in [-0.05, 0) is 22.6 Å². The molecule has 0 bridgehead atoms. The van der Waals surface area contributed by atoms with Crippen molar-refractivity contribution in [1.82, 2.24) is 20.2 Å². The summed E-state index contributed by atoms with van der Waals surface area (Å²) in [5.74, 6) is 0.563. The Kier molecular flexibility index (Phi) is 2.09. The lowest BCUT2D eigenvalue weighted by Gasteiger charge is -2.04. The number of hydrogen-bond donors (Lipinski definition) is 1. The van der Waals surface area contributed by atoms with Gasteiger partial charge in [0.15, 0.2) is 5.82 Å². The molecular weight excluding hydrogens is 202 g/mol. The lowest BCUT2D eigenvalue weighted by molar-refractivity contribution is 0.715. The highest BCUT2D eigenvalue weighted by Crippen LogP contribution is 2.30. The van der Waals surface area contributed by atoms with Crippen LogP contribution >= 0.6 is 11.6 Å². The van der Waals surface area contributed by atoms with Crippen LogP contribution in [0.1, 0.15) is 0 Å². The fraction of sp³-hybridized carbons (Fsp3) is 0.125. The van der Waals surface area contributed by atoms with E-state index in [1.165, 1.54) is 4.68 Å². The third kappa shape index (κ3) is 1.31. The summed E-state index contributed by atoms with van der Waals surface area (Å²) in [6.07, 6.45) is 0. The summed E-state index contributed by atoms with van der Waals surface area (Å²) in [6.45, 7) is 0. The SMILES string of the molecule is Cn1nnnc1-c1c(N)cccc1Cl. The maximum Gasteiger partial charge on any atom is 0.185 e. The van der Waals surface area contributed by atoms with Gasteiger partial charge in [-0.25, -0.2) is 4.68 Å². The topological polar surface area (TPSA) is 69.6 Å². The molecule has 72 valence electrons. The van der Waals surface area contributed by atoms with Crippen molar-refractivity contribution >= 4 is 17.3 Å². The Labute approximate surface area is 85.5 Å². The summed E-state index contributed by atoms with van der Waals surface area (Å²) < 4.78 is 1.53. The van der Waals surface area contributed by atoms with Crippen LogP contribution < -0.4 is 5.73 Å². The number of nitrogen functional groups attached to an aromatic ring is 1. The highest BCUT2D eigenvalue weighted by molar-refractivity contribution is 6.33. The zero-order valence-corrected chi connectivity index (χ0v) is 8.23. The summed E-state index contributed by atoms with van der Waals surface area (Å²) in [5.41, 5.74) is 7.02. The molecule has 0 aliphatic heterocycles. The van der Waals surface area contributed by atoms with Gasteiger partial charge >= 0.3 is 0 Å². The first-order valence-electron chi connectivity index (χ1n) is 3.97. The van der Waals surface area contributed by atoms with E-state index in [1.807, 2.05) is 0 Å². The van der Waals surface area contributed by atoms with Crippen LogP contribution in [-0.2, 0) is 7.05 Å². The lowest BCUT2D eigenvalue weighted by Crippen LogP contribution is -1.98. The van der Waals surface area contributed by atoms with Gasteiger partial charge in [-0.15, -0.1) is 5.10 Å². The molecule has 6 heteroatoms. The third-order valence-electron chi connectivity index (χ3n) is 1.89. The van der Waals surface area contributed by atoms with E-state index in [-0.39, 0.29) is 0 Å². The minimum absolute atomic E-state index is 0.544. The Morgan fingerprint density at radius 2 is 2.21 bits per heavy atom. The second-order valence-corrected chi connectivity index (χ2v) is 3.24. The Bertz CT molecular complexity index is 444. The number of tetrazole rings is 1. The van der Waals surface area contributed by atoms with Crippen molar-refractivity contribution in [2.45, 2.75) is 0 Å². The molecular formula is C8H8ClN5. The average Bonchev–Trinajstić information content (AvgIpc) is 2.52. The molecule has 1 aromatic carbocycles. The smallest absolute Gasteiger partial charge is 0.185 e. The van der Waals surface area contributed by atoms with E-state index < -0.39 is 0 Å². The Morgan fingerprint density at radius 3 is 2.79 bits per heavy atom. The summed E-state index contributed by atoms with van der Waals surface area (Å²) in [4.78, 5) is 0. The van der Waals surface area contributed by atoms with Crippen LogP contribution in [0.3, 0.4) is 0 Å².